The average molecular weight is 541 g/mol. The highest BCUT2D eigenvalue weighted by Crippen LogP contribution is 2.46. The summed E-state index contributed by atoms with van der Waals surface area (Å²) >= 11 is 1.31. The quantitative estimate of drug-likeness (QED) is 0.446. The lowest BCUT2D eigenvalue weighted by atomic mass is 9.88. The maximum absolute atomic E-state index is 14.4. The molecule has 0 spiro atoms. The molecule has 6 rings (SSSR count). The van der Waals surface area contributed by atoms with Crippen molar-refractivity contribution in [3.05, 3.63) is 29.3 Å². The molecule has 0 radical (unpaired) electrons. The summed E-state index contributed by atoms with van der Waals surface area (Å²) in [5.41, 5.74) is -2.78. The van der Waals surface area contributed by atoms with Gasteiger partial charge < -0.3 is 24.3 Å². The van der Waals surface area contributed by atoms with Crippen molar-refractivity contribution in [2.75, 3.05) is 18.0 Å². The third kappa shape index (κ3) is 4.42. The van der Waals surface area contributed by atoms with Crippen molar-refractivity contribution in [2.24, 2.45) is 0 Å². The molecule has 2 bridgehead atoms. The number of carboxylic acid groups (broad SMARTS) is 1. The van der Waals surface area contributed by atoms with E-state index in [0.717, 1.165) is 0 Å². The zero-order valence-corrected chi connectivity index (χ0v) is 21.4. The Hall–Kier alpha value is -2.90. The number of nitrogens with zero attached hydrogens (tertiary/aromatic N) is 4. The van der Waals surface area contributed by atoms with E-state index in [-0.39, 0.29) is 34.8 Å². The van der Waals surface area contributed by atoms with Gasteiger partial charge in [-0.2, -0.15) is 18.2 Å². The van der Waals surface area contributed by atoms with Crippen molar-refractivity contribution in [1.29, 1.82) is 0 Å². The molecule has 1 amide bonds. The molecule has 3 saturated heterocycles. The molecule has 13 heteroatoms. The number of hydrogen-bond acceptors (Lipinski definition) is 8. The number of thiazole rings is 1. The fourth-order valence-corrected chi connectivity index (χ4v) is 5.37. The van der Waals surface area contributed by atoms with Gasteiger partial charge in [0.1, 0.15) is 10.5 Å². The molecule has 37 heavy (non-hydrogen) atoms. The molecule has 0 saturated carbocycles. The van der Waals surface area contributed by atoms with Crippen LogP contribution in [0.25, 0.3) is 21.7 Å². The zero-order valence-electron chi connectivity index (χ0n) is 20.6. The van der Waals surface area contributed by atoms with E-state index < -0.39 is 29.6 Å². The molecule has 3 aliphatic heterocycles. The molecule has 9 nitrogen and oxygen atoms in total. The minimum absolute atomic E-state index is 0.0223. The third-order valence-electron chi connectivity index (χ3n) is 7.38. The molecule has 3 aromatic rings. The summed E-state index contributed by atoms with van der Waals surface area (Å²) in [7, 11) is 0. The van der Waals surface area contributed by atoms with E-state index in [9.17, 15) is 28.2 Å². The number of oxazole rings is 1. The van der Waals surface area contributed by atoms with Crippen molar-refractivity contribution in [2.45, 2.75) is 69.7 Å². The minimum Gasteiger partial charge on any atom is -0.465 e. The predicted octanol–water partition coefficient (Wildman–Crippen LogP) is 5.06. The van der Waals surface area contributed by atoms with Crippen LogP contribution in [-0.4, -0.2) is 73.7 Å². The molecule has 3 aliphatic rings. The first-order valence-corrected chi connectivity index (χ1v) is 12.6. The van der Waals surface area contributed by atoms with Crippen LogP contribution in [-0.2, 0) is 4.74 Å². The maximum Gasteiger partial charge on any atom is 0.418 e. The van der Waals surface area contributed by atoms with Gasteiger partial charge in [-0.3, -0.25) is 4.90 Å². The predicted molar refractivity (Wildman–Crippen MR) is 130 cm³/mol. The van der Waals surface area contributed by atoms with Gasteiger partial charge in [0.05, 0.1) is 28.8 Å². The molecule has 3 fully saturated rings. The SMILES string of the molecule is CC(C)(O)C(C)(C)OC(c1ccc(-c2nccs2)c2oc(N3CC4CC(C3)N4C(=O)O)nc12)C(F)(F)F. The second kappa shape index (κ2) is 8.57. The Balaban J connectivity index is 1.61. The Morgan fingerprint density at radius 2 is 1.89 bits per heavy atom. The van der Waals surface area contributed by atoms with Gasteiger partial charge in [0.2, 0.25) is 0 Å². The summed E-state index contributed by atoms with van der Waals surface area (Å²) in [6.45, 7) is 6.21. The molecule has 200 valence electrons. The number of piperidine rings is 1. The monoisotopic (exact) mass is 540 g/mol. The van der Waals surface area contributed by atoms with Crippen molar-refractivity contribution >= 4 is 34.5 Å². The smallest absolute Gasteiger partial charge is 0.418 e. The van der Waals surface area contributed by atoms with Crippen LogP contribution < -0.4 is 4.90 Å². The molecule has 2 N–H and O–H groups in total. The molecular weight excluding hydrogens is 513 g/mol. The highest BCUT2D eigenvalue weighted by atomic mass is 32.1. The van der Waals surface area contributed by atoms with Crippen molar-refractivity contribution in [1.82, 2.24) is 14.9 Å². The molecule has 3 unspecified atom stereocenters. The number of piperazine rings is 1. The number of amides is 1. The van der Waals surface area contributed by atoms with Gasteiger partial charge in [-0.15, -0.1) is 11.3 Å². The number of alkyl halides is 3. The maximum atomic E-state index is 14.4. The molecular formula is C24H27F3N4O5S. The first-order chi connectivity index (χ1) is 17.2. The zero-order chi connectivity index (χ0) is 26.9. The van der Waals surface area contributed by atoms with E-state index in [4.69, 9.17) is 9.15 Å². The Bertz CT molecular complexity index is 1310. The summed E-state index contributed by atoms with van der Waals surface area (Å²) in [6.07, 6.45) is -5.90. The lowest BCUT2D eigenvalue weighted by Crippen LogP contribution is -2.70. The molecule has 2 aromatic heterocycles. The number of aliphatic hydroxyl groups is 1. The summed E-state index contributed by atoms with van der Waals surface area (Å²) in [5.74, 6) is 0. The van der Waals surface area contributed by atoms with Crippen LogP contribution in [0.2, 0.25) is 0 Å². The van der Waals surface area contributed by atoms with Crippen LogP contribution in [0, 0.1) is 0 Å². The second-order valence-corrected chi connectivity index (χ2v) is 11.4. The lowest BCUT2D eigenvalue weighted by molar-refractivity contribution is -0.276. The van der Waals surface area contributed by atoms with Gasteiger partial charge in [0, 0.05) is 30.2 Å². The number of benzene rings is 1. The largest absolute Gasteiger partial charge is 0.465 e. The topological polar surface area (TPSA) is 112 Å². The summed E-state index contributed by atoms with van der Waals surface area (Å²) in [5, 5.41) is 22.2. The van der Waals surface area contributed by atoms with Crippen LogP contribution in [0.5, 0.6) is 0 Å². The summed E-state index contributed by atoms with van der Waals surface area (Å²) in [6, 6.07) is 2.46. The lowest BCUT2D eigenvalue weighted by Gasteiger charge is -2.54. The van der Waals surface area contributed by atoms with Crippen LogP contribution in [0.15, 0.2) is 28.1 Å². The van der Waals surface area contributed by atoms with Gasteiger partial charge in [-0.05, 0) is 40.2 Å². The number of halogens is 3. The number of fused-ring (bicyclic) bond motifs is 3. The van der Waals surface area contributed by atoms with Gasteiger partial charge in [0.15, 0.2) is 11.7 Å². The Kier molecular flexibility index (Phi) is 5.96. The first kappa shape index (κ1) is 25.7. The molecule has 0 aliphatic carbocycles. The summed E-state index contributed by atoms with van der Waals surface area (Å²) < 4.78 is 54.9. The second-order valence-electron chi connectivity index (χ2n) is 10.5. The number of anilines is 1. The van der Waals surface area contributed by atoms with Crippen molar-refractivity contribution < 1.29 is 37.3 Å². The highest BCUT2D eigenvalue weighted by molar-refractivity contribution is 7.13. The van der Waals surface area contributed by atoms with E-state index in [1.807, 2.05) is 0 Å². The molecule has 1 aromatic carbocycles. The molecule has 5 heterocycles. The van der Waals surface area contributed by atoms with E-state index in [1.54, 1.807) is 16.5 Å². The van der Waals surface area contributed by atoms with Crippen molar-refractivity contribution in [3.63, 3.8) is 0 Å². The minimum atomic E-state index is -4.81. The standard InChI is InChI=1S/C24H27F3N4O5S/c1-22(2,34)23(3,4)36-18(24(25,26)27)14-5-6-15(19-28-7-8-37-19)17-16(14)29-20(35-17)30-10-12-9-13(11-30)31(12)21(32)33/h5-8,12-13,18,34H,9-11H2,1-4H3,(H,32,33). The van der Waals surface area contributed by atoms with Gasteiger partial charge in [0.25, 0.3) is 6.01 Å². The third-order valence-corrected chi connectivity index (χ3v) is 8.18. The average Bonchev–Trinajstić information content (AvgIpc) is 3.45. The van der Waals surface area contributed by atoms with Crippen LogP contribution >= 0.6 is 11.3 Å². The van der Waals surface area contributed by atoms with E-state index >= 15 is 0 Å². The van der Waals surface area contributed by atoms with E-state index in [2.05, 4.69) is 9.97 Å². The molecule has 3 atom stereocenters. The van der Waals surface area contributed by atoms with Gasteiger partial charge in [-0.25, -0.2) is 9.78 Å². The fraction of sp³-hybridized carbons (Fsp3) is 0.542. The van der Waals surface area contributed by atoms with E-state index in [0.29, 0.717) is 30.1 Å². The van der Waals surface area contributed by atoms with Crippen LogP contribution in [0.3, 0.4) is 0 Å². The Morgan fingerprint density at radius 1 is 1.22 bits per heavy atom. The van der Waals surface area contributed by atoms with E-state index in [1.165, 1.54) is 56.1 Å². The van der Waals surface area contributed by atoms with Crippen LogP contribution in [0.1, 0.15) is 45.8 Å². The number of hydrogen-bond donors (Lipinski definition) is 2. The van der Waals surface area contributed by atoms with Gasteiger partial charge in [-0.1, -0.05) is 6.07 Å². The van der Waals surface area contributed by atoms with Crippen molar-refractivity contribution in [3.8, 4) is 10.6 Å². The number of ether oxygens (including phenoxy) is 1. The Labute approximate surface area is 214 Å². The van der Waals surface area contributed by atoms with Gasteiger partial charge >= 0.3 is 12.3 Å². The number of rotatable bonds is 6. The normalized spacial score (nSPS) is 21.3. The Morgan fingerprint density at radius 3 is 2.43 bits per heavy atom. The number of aromatic nitrogens is 2. The number of carbonyl (C=O) groups is 1. The highest BCUT2D eigenvalue weighted by Gasteiger charge is 2.51. The summed E-state index contributed by atoms with van der Waals surface area (Å²) in [4.78, 5) is 23.4. The van der Waals surface area contributed by atoms with Crippen LogP contribution in [0.4, 0.5) is 24.0 Å². The fourth-order valence-electron chi connectivity index (χ4n) is 4.71. The first-order valence-electron chi connectivity index (χ1n) is 11.7.